The van der Waals surface area contributed by atoms with Gasteiger partial charge in [-0.15, -0.1) is 12.4 Å². The number of furan rings is 1. The maximum Gasteiger partial charge on any atom is 0.265 e. The molecule has 0 aliphatic carbocycles. The molecule has 1 aliphatic heterocycles. The SMILES string of the molecule is Cc1oc2ncn(CCN3CCCC3)c(=O)c2c1C(=O)Nc1ccc(C#N)cc1.Cl. The number of aryl methyl sites for hydroxylation is 1. The Morgan fingerprint density at radius 1 is 1.23 bits per heavy atom. The molecule has 1 fully saturated rings. The van der Waals surface area contributed by atoms with Crippen LogP contribution in [-0.4, -0.2) is 40.0 Å². The third-order valence-corrected chi connectivity index (χ3v) is 5.21. The Bertz CT molecular complexity index is 1150. The summed E-state index contributed by atoms with van der Waals surface area (Å²) in [5.41, 5.74) is 1.10. The summed E-state index contributed by atoms with van der Waals surface area (Å²) in [5.74, 6) is -0.102. The van der Waals surface area contributed by atoms with Gasteiger partial charge in [0.1, 0.15) is 17.5 Å². The molecule has 1 aromatic carbocycles. The Balaban J connectivity index is 0.00000256. The first-order chi connectivity index (χ1) is 14.1. The summed E-state index contributed by atoms with van der Waals surface area (Å²) in [6, 6.07) is 8.54. The van der Waals surface area contributed by atoms with E-state index in [1.54, 1.807) is 31.2 Å². The summed E-state index contributed by atoms with van der Waals surface area (Å²) < 4.78 is 7.11. The minimum Gasteiger partial charge on any atom is -0.442 e. The van der Waals surface area contributed by atoms with Crippen molar-refractivity contribution in [3.05, 3.63) is 57.8 Å². The van der Waals surface area contributed by atoms with Crippen LogP contribution in [0.2, 0.25) is 0 Å². The van der Waals surface area contributed by atoms with Crippen molar-refractivity contribution in [1.82, 2.24) is 14.5 Å². The highest BCUT2D eigenvalue weighted by Crippen LogP contribution is 2.22. The molecule has 1 aliphatic rings. The second-order valence-corrected chi connectivity index (χ2v) is 7.15. The number of nitriles is 1. The molecule has 4 rings (SSSR count). The van der Waals surface area contributed by atoms with Crippen LogP contribution in [0.15, 0.2) is 39.8 Å². The molecule has 30 heavy (non-hydrogen) atoms. The van der Waals surface area contributed by atoms with Crippen LogP contribution in [0.1, 0.15) is 34.5 Å². The van der Waals surface area contributed by atoms with Crippen LogP contribution in [0.4, 0.5) is 5.69 Å². The molecule has 2 aromatic heterocycles. The number of halogens is 1. The van der Waals surface area contributed by atoms with Gasteiger partial charge in [0.05, 0.1) is 17.2 Å². The number of aromatic nitrogens is 2. The summed E-state index contributed by atoms with van der Waals surface area (Å²) in [4.78, 5) is 32.5. The molecule has 0 radical (unpaired) electrons. The standard InChI is InChI=1S/C21H21N5O3.ClH/c1-14-17(19(27)24-16-6-4-15(12-22)5-7-16)18-20(29-14)23-13-26(21(18)28)11-10-25-8-2-3-9-25;/h4-7,13H,2-3,8-11H2,1H3,(H,24,27);1H. The molecular weight excluding hydrogens is 406 g/mol. The third-order valence-electron chi connectivity index (χ3n) is 5.21. The van der Waals surface area contributed by atoms with Crippen molar-refractivity contribution in [3.63, 3.8) is 0 Å². The van der Waals surface area contributed by atoms with Crippen LogP contribution < -0.4 is 10.9 Å². The van der Waals surface area contributed by atoms with E-state index < -0.39 is 5.91 Å². The van der Waals surface area contributed by atoms with Gasteiger partial charge in [-0.1, -0.05) is 0 Å². The van der Waals surface area contributed by atoms with E-state index in [4.69, 9.17) is 9.68 Å². The lowest BCUT2D eigenvalue weighted by Gasteiger charge is -2.14. The summed E-state index contributed by atoms with van der Waals surface area (Å²) in [5, 5.41) is 11.8. The molecule has 0 bridgehead atoms. The van der Waals surface area contributed by atoms with Crippen LogP contribution in [0, 0.1) is 18.3 Å². The molecule has 0 saturated carbocycles. The number of carbonyl (C=O) groups is 1. The minimum absolute atomic E-state index is 0. The first-order valence-electron chi connectivity index (χ1n) is 9.59. The van der Waals surface area contributed by atoms with Gasteiger partial charge in [0, 0.05) is 18.8 Å². The highest BCUT2D eigenvalue weighted by atomic mass is 35.5. The summed E-state index contributed by atoms with van der Waals surface area (Å²) in [7, 11) is 0. The zero-order valence-electron chi connectivity index (χ0n) is 16.6. The Hall–Kier alpha value is -3.15. The van der Waals surface area contributed by atoms with Crippen molar-refractivity contribution in [2.24, 2.45) is 0 Å². The van der Waals surface area contributed by atoms with Crippen molar-refractivity contribution < 1.29 is 9.21 Å². The summed E-state index contributed by atoms with van der Waals surface area (Å²) >= 11 is 0. The highest BCUT2D eigenvalue weighted by Gasteiger charge is 2.23. The average molecular weight is 428 g/mol. The fourth-order valence-corrected chi connectivity index (χ4v) is 3.65. The topological polar surface area (TPSA) is 104 Å². The monoisotopic (exact) mass is 427 g/mol. The predicted octanol–water partition coefficient (Wildman–Crippen LogP) is 2.94. The van der Waals surface area contributed by atoms with Gasteiger partial charge in [-0.25, -0.2) is 4.98 Å². The molecule has 3 aromatic rings. The number of nitrogens with one attached hydrogen (secondary N) is 1. The quantitative estimate of drug-likeness (QED) is 0.671. The Kier molecular flexibility index (Phi) is 6.55. The lowest BCUT2D eigenvalue weighted by molar-refractivity contribution is 0.102. The number of amides is 1. The van der Waals surface area contributed by atoms with Gasteiger partial charge in [0.2, 0.25) is 5.71 Å². The molecule has 156 valence electrons. The lowest BCUT2D eigenvalue weighted by atomic mass is 10.1. The average Bonchev–Trinajstić information content (AvgIpc) is 3.35. The molecule has 9 heteroatoms. The fourth-order valence-electron chi connectivity index (χ4n) is 3.65. The van der Waals surface area contributed by atoms with Crippen LogP contribution in [-0.2, 0) is 6.54 Å². The van der Waals surface area contributed by atoms with Crippen molar-refractivity contribution in [1.29, 1.82) is 5.26 Å². The molecule has 0 atom stereocenters. The number of hydrogen-bond donors (Lipinski definition) is 1. The van der Waals surface area contributed by atoms with Crippen LogP contribution >= 0.6 is 12.4 Å². The van der Waals surface area contributed by atoms with Crippen LogP contribution in [0.5, 0.6) is 0 Å². The molecule has 1 saturated heterocycles. The second kappa shape index (κ2) is 9.11. The van der Waals surface area contributed by atoms with E-state index in [0.717, 1.165) is 19.6 Å². The first kappa shape index (κ1) is 21.6. The van der Waals surface area contributed by atoms with E-state index in [-0.39, 0.29) is 34.6 Å². The van der Waals surface area contributed by atoms with Gasteiger partial charge < -0.3 is 14.6 Å². The van der Waals surface area contributed by atoms with E-state index in [1.165, 1.54) is 23.7 Å². The van der Waals surface area contributed by atoms with E-state index in [2.05, 4.69) is 15.2 Å². The van der Waals surface area contributed by atoms with E-state index in [1.807, 2.05) is 6.07 Å². The molecule has 1 N–H and O–H groups in total. The van der Waals surface area contributed by atoms with Crippen molar-refractivity contribution in [2.75, 3.05) is 25.0 Å². The van der Waals surface area contributed by atoms with Gasteiger partial charge in [-0.2, -0.15) is 5.26 Å². The van der Waals surface area contributed by atoms with Crippen molar-refractivity contribution >= 4 is 35.1 Å². The molecule has 0 unspecified atom stereocenters. The Labute approximate surface area is 179 Å². The number of likely N-dealkylation sites (tertiary alicyclic amines) is 1. The number of rotatable bonds is 5. The second-order valence-electron chi connectivity index (χ2n) is 7.15. The Morgan fingerprint density at radius 3 is 2.60 bits per heavy atom. The van der Waals surface area contributed by atoms with Crippen LogP contribution in [0.25, 0.3) is 11.1 Å². The number of anilines is 1. The molecular formula is C21H22ClN5O3. The van der Waals surface area contributed by atoms with E-state index in [0.29, 0.717) is 23.6 Å². The van der Waals surface area contributed by atoms with Gasteiger partial charge in [-0.05, 0) is 57.1 Å². The number of nitrogens with zero attached hydrogens (tertiary/aromatic N) is 4. The third kappa shape index (κ3) is 4.22. The predicted molar refractivity (Wildman–Crippen MR) is 115 cm³/mol. The maximum absolute atomic E-state index is 13.0. The van der Waals surface area contributed by atoms with Gasteiger partial charge in [0.25, 0.3) is 11.5 Å². The summed E-state index contributed by atoms with van der Waals surface area (Å²) in [6.07, 6.45) is 3.85. The molecule has 1 amide bonds. The normalized spacial score (nSPS) is 13.7. The number of carbonyl (C=O) groups excluding carboxylic acids is 1. The zero-order chi connectivity index (χ0) is 20.4. The number of fused-ring (bicyclic) bond motifs is 1. The molecule has 8 nitrogen and oxygen atoms in total. The van der Waals surface area contributed by atoms with Gasteiger partial charge in [-0.3, -0.25) is 14.2 Å². The van der Waals surface area contributed by atoms with Crippen molar-refractivity contribution in [3.8, 4) is 6.07 Å². The van der Waals surface area contributed by atoms with E-state index in [9.17, 15) is 9.59 Å². The maximum atomic E-state index is 13.0. The molecule has 0 spiro atoms. The largest absolute Gasteiger partial charge is 0.442 e. The smallest absolute Gasteiger partial charge is 0.265 e. The first-order valence-corrected chi connectivity index (χ1v) is 9.59. The lowest BCUT2D eigenvalue weighted by Crippen LogP contribution is -2.29. The van der Waals surface area contributed by atoms with Gasteiger partial charge in [0.15, 0.2) is 0 Å². The minimum atomic E-state index is -0.442. The van der Waals surface area contributed by atoms with E-state index >= 15 is 0 Å². The zero-order valence-corrected chi connectivity index (χ0v) is 17.4. The highest BCUT2D eigenvalue weighted by molar-refractivity contribution is 6.12. The van der Waals surface area contributed by atoms with Crippen molar-refractivity contribution in [2.45, 2.75) is 26.3 Å². The Morgan fingerprint density at radius 2 is 1.93 bits per heavy atom. The number of hydrogen-bond acceptors (Lipinski definition) is 6. The summed E-state index contributed by atoms with van der Waals surface area (Å²) in [6.45, 7) is 5.03. The van der Waals surface area contributed by atoms with Crippen LogP contribution in [0.3, 0.4) is 0 Å². The van der Waals surface area contributed by atoms with Gasteiger partial charge >= 0.3 is 0 Å². The molecule has 3 heterocycles. The number of benzene rings is 1. The fraction of sp³-hybridized carbons (Fsp3) is 0.333.